The zero-order valence-electron chi connectivity index (χ0n) is 21.4. The molecule has 1 atom stereocenters. The highest BCUT2D eigenvalue weighted by Gasteiger charge is 2.19. The summed E-state index contributed by atoms with van der Waals surface area (Å²) in [5, 5.41) is 2.62. The van der Waals surface area contributed by atoms with Crippen molar-refractivity contribution in [2.75, 3.05) is 51.9 Å². The van der Waals surface area contributed by atoms with Gasteiger partial charge in [-0.25, -0.2) is 4.68 Å². The number of morpholine rings is 1. The number of hydrogen-bond donors (Lipinski definition) is 1. The van der Waals surface area contributed by atoms with E-state index in [2.05, 4.69) is 10.3 Å². The van der Waals surface area contributed by atoms with Gasteiger partial charge in [-0.2, -0.15) is 0 Å². The van der Waals surface area contributed by atoms with Crippen LogP contribution in [0.1, 0.15) is 18.9 Å². The quantitative estimate of drug-likeness (QED) is 0.384. The Labute approximate surface area is 226 Å². The summed E-state index contributed by atoms with van der Waals surface area (Å²) in [5.74, 6) is 1.10. The predicted octanol–water partition coefficient (Wildman–Crippen LogP) is 4.35. The molecule has 1 aliphatic rings. The molecule has 8 nitrogen and oxygen atoms in total. The predicted molar refractivity (Wildman–Crippen MR) is 147 cm³/mol. The van der Waals surface area contributed by atoms with Crippen molar-refractivity contribution in [2.45, 2.75) is 26.4 Å². The van der Waals surface area contributed by atoms with Crippen molar-refractivity contribution >= 4 is 28.8 Å². The molecular formula is C27H33ClN4O4S. The molecule has 37 heavy (non-hydrogen) atoms. The van der Waals surface area contributed by atoms with Crippen LogP contribution in [0.5, 0.6) is 11.5 Å². The van der Waals surface area contributed by atoms with E-state index in [9.17, 15) is 4.79 Å². The number of aromatic nitrogens is 1. The van der Waals surface area contributed by atoms with Gasteiger partial charge in [-0.1, -0.05) is 11.6 Å². The number of benzene rings is 2. The van der Waals surface area contributed by atoms with Gasteiger partial charge in [0.2, 0.25) is 4.80 Å². The van der Waals surface area contributed by atoms with Crippen molar-refractivity contribution in [3.8, 4) is 22.8 Å². The average Bonchev–Trinajstić information content (AvgIpc) is 3.30. The Morgan fingerprint density at radius 1 is 1.22 bits per heavy atom. The van der Waals surface area contributed by atoms with Crippen LogP contribution in [-0.2, 0) is 9.53 Å². The van der Waals surface area contributed by atoms with Crippen LogP contribution in [0.3, 0.4) is 0 Å². The number of hydrogen-bond acceptors (Lipinski definition) is 7. The van der Waals surface area contributed by atoms with Gasteiger partial charge in [0.1, 0.15) is 11.5 Å². The molecule has 1 fully saturated rings. The van der Waals surface area contributed by atoms with Crippen LogP contribution < -0.4 is 19.7 Å². The lowest BCUT2D eigenvalue weighted by atomic mass is 10.2. The summed E-state index contributed by atoms with van der Waals surface area (Å²) in [7, 11) is 1.64. The normalized spacial score (nSPS) is 15.4. The minimum absolute atomic E-state index is 0.280. The van der Waals surface area contributed by atoms with Crippen molar-refractivity contribution in [1.82, 2.24) is 9.58 Å². The van der Waals surface area contributed by atoms with E-state index in [-0.39, 0.29) is 5.91 Å². The highest BCUT2D eigenvalue weighted by atomic mass is 35.5. The van der Waals surface area contributed by atoms with Gasteiger partial charge in [0, 0.05) is 42.1 Å². The van der Waals surface area contributed by atoms with E-state index in [0.29, 0.717) is 17.3 Å². The molecule has 1 saturated heterocycles. The number of carbonyl (C=O) groups excluding carboxylic acids is 1. The first-order valence-electron chi connectivity index (χ1n) is 12.3. The fourth-order valence-corrected chi connectivity index (χ4v) is 5.08. The number of nitrogens with one attached hydrogen (secondary N) is 1. The highest BCUT2D eigenvalue weighted by molar-refractivity contribution is 7.07. The zero-order chi connectivity index (χ0) is 26.2. The summed E-state index contributed by atoms with van der Waals surface area (Å²) in [6.45, 7) is 8.75. The molecule has 1 N–H and O–H groups in total. The lowest BCUT2D eigenvalue weighted by molar-refractivity contribution is -0.123. The van der Waals surface area contributed by atoms with Crippen LogP contribution in [0, 0.1) is 6.92 Å². The van der Waals surface area contributed by atoms with Crippen LogP contribution in [0.15, 0.2) is 52.8 Å². The number of methoxy groups -OCH3 is 1. The topological polar surface area (TPSA) is 77.3 Å². The fraction of sp³-hybridized carbons (Fsp3) is 0.407. The number of nitrogens with zero attached hydrogens (tertiary/aromatic N) is 3. The van der Waals surface area contributed by atoms with Crippen LogP contribution >= 0.6 is 22.9 Å². The van der Waals surface area contributed by atoms with Gasteiger partial charge in [0.25, 0.3) is 5.91 Å². The number of rotatable bonds is 10. The van der Waals surface area contributed by atoms with Gasteiger partial charge in [0.15, 0.2) is 6.10 Å². The lowest BCUT2D eigenvalue weighted by Gasteiger charge is -2.26. The number of thiazole rings is 1. The molecule has 4 rings (SSSR count). The first kappa shape index (κ1) is 27.2. The summed E-state index contributed by atoms with van der Waals surface area (Å²) >= 11 is 7.55. The van der Waals surface area contributed by atoms with Crippen LogP contribution in [-0.4, -0.2) is 68.1 Å². The smallest absolute Gasteiger partial charge is 0.279 e. The van der Waals surface area contributed by atoms with E-state index in [1.807, 2.05) is 42.6 Å². The van der Waals surface area contributed by atoms with Gasteiger partial charge in [-0.15, -0.1) is 11.3 Å². The number of halogens is 1. The van der Waals surface area contributed by atoms with E-state index < -0.39 is 6.10 Å². The maximum absolute atomic E-state index is 13.2. The van der Waals surface area contributed by atoms with E-state index in [1.165, 1.54) is 11.3 Å². The molecule has 1 aromatic heterocycles. The SMILES string of the molecule is COc1ccc(-c2csc(=NCCCN3CCOCC3)n2NC(=O)C(C)Oc2ccc(Cl)cc2C)cc1. The Bertz CT molecular complexity index is 1250. The Kier molecular flexibility index (Phi) is 9.62. The van der Waals surface area contributed by atoms with Gasteiger partial charge in [-0.05, 0) is 68.3 Å². The van der Waals surface area contributed by atoms with Gasteiger partial charge < -0.3 is 14.2 Å². The molecule has 0 bridgehead atoms. The molecule has 0 aliphatic carbocycles. The van der Waals surface area contributed by atoms with Crippen molar-refractivity contribution in [1.29, 1.82) is 0 Å². The number of amides is 1. The second-order valence-electron chi connectivity index (χ2n) is 8.80. The molecule has 1 amide bonds. The summed E-state index contributed by atoms with van der Waals surface area (Å²) in [5.41, 5.74) is 5.65. The summed E-state index contributed by atoms with van der Waals surface area (Å²) in [6, 6.07) is 13.0. The first-order chi connectivity index (χ1) is 17.9. The van der Waals surface area contributed by atoms with E-state index in [4.69, 9.17) is 30.8 Å². The Morgan fingerprint density at radius 2 is 1.97 bits per heavy atom. The molecule has 2 heterocycles. The second-order valence-corrected chi connectivity index (χ2v) is 10.1. The van der Waals surface area contributed by atoms with E-state index in [0.717, 1.165) is 66.6 Å². The molecule has 198 valence electrons. The van der Waals surface area contributed by atoms with Crippen molar-refractivity contribution in [2.24, 2.45) is 4.99 Å². The summed E-state index contributed by atoms with van der Waals surface area (Å²) < 4.78 is 18.4. The number of carbonyl (C=O) groups is 1. The Morgan fingerprint density at radius 3 is 2.68 bits per heavy atom. The van der Waals surface area contributed by atoms with Gasteiger partial charge in [0.05, 0.1) is 26.0 Å². The molecule has 0 saturated carbocycles. The monoisotopic (exact) mass is 544 g/mol. The maximum Gasteiger partial charge on any atom is 0.279 e. The van der Waals surface area contributed by atoms with Crippen molar-refractivity contribution in [3.63, 3.8) is 0 Å². The Balaban J connectivity index is 1.52. The number of aryl methyl sites for hydroxylation is 1. The van der Waals surface area contributed by atoms with Crippen LogP contribution in [0.2, 0.25) is 5.02 Å². The minimum atomic E-state index is -0.731. The molecule has 10 heteroatoms. The molecular weight excluding hydrogens is 512 g/mol. The van der Waals surface area contributed by atoms with Crippen LogP contribution in [0.25, 0.3) is 11.3 Å². The van der Waals surface area contributed by atoms with Crippen molar-refractivity contribution < 1.29 is 19.0 Å². The van der Waals surface area contributed by atoms with Gasteiger partial charge in [-0.3, -0.25) is 20.1 Å². The number of ether oxygens (including phenoxy) is 3. The summed E-state index contributed by atoms with van der Waals surface area (Å²) in [6.07, 6.45) is 0.198. The lowest BCUT2D eigenvalue weighted by Crippen LogP contribution is -2.39. The summed E-state index contributed by atoms with van der Waals surface area (Å²) in [4.78, 5) is 21.1. The molecule has 0 radical (unpaired) electrons. The standard InChI is InChI=1S/C27H33ClN4O4S/c1-19-17-22(28)7-10-25(19)36-20(2)26(33)30-32-24(21-5-8-23(34-3)9-6-21)18-37-27(32)29-11-4-12-31-13-15-35-16-14-31/h5-10,17-18,20H,4,11-16H2,1-3H3,(H,30,33). The van der Waals surface area contributed by atoms with Gasteiger partial charge >= 0.3 is 0 Å². The third kappa shape index (κ3) is 7.35. The largest absolute Gasteiger partial charge is 0.497 e. The fourth-order valence-electron chi connectivity index (χ4n) is 3.98. The average molecular weight is 545 g/mol. The Hall–Kier alpha value is -2.85. The molecule has 0 spiro atoms. The minimum Gasteiger partial charge on any atom is -0.497 e. The zero-order valence-corrected chi connectivity index (χ0v) is 23.0. The molecule has 1 unspecified atom stereocenters. The molecule has 1 aliphatic heterocycles. The first-order valence-corrected chi connectivity index (χ1v) is 13.6. The van der Waals surface area contributed by atoms with Crippen molar-refractivity contribution in [3.05, 3.63) is 63.2 Å². The second kappa shape index (κ2) is 13.1. The van der Waals surface area contributed by atoms with E-state index >= 15 is 0 Å². The maximum atomic E-state index is 13.2. The third-order valence-corrected chi connectivity index (χ3v) is 7.21. The molecule has 3 aromatic rings. The highest BCUT2D eigenvalue weighted by Crippen LogP contribution is 2.24. The van der Waals surface area contributed by atoms with Crippen LogP contribution in [0.4, 0.5) is 0 Å². The molecule has 2 aromatic carbocycles. The van der Waals surface area contributed by atoms with E-state index in [1.54, 1.807) is 30.8 Å². The third-order valence-electron chi connectivity index (χ3n) is 6.11.